The molecule has 96 valence electrons. The predicted octanol–water partition coefficient (Wildman–Crippen LogP) is 0.860. The van der Waals surface area contributed by atoms with Crippen molar-refractivity contribution in [3.63, 3.8) is 0 Å². The Labute approximate surface area is 106 Å². The monoisotopic (exact) mass is 248 g/mol. The number of nitrogens with zero attached hydrogens (tertiary/aromatic N) is 1. The molecule has 1 rings (SSSR count). The highest BCUT2D eigenvalue weighted by atomic mass is 16.5. The van der Waals surface area contributed by atoms with Gasteiger partial charge in [-0.05, 0) is 18.1 Å². The van der Waals surface area contributed by atoms with Crippen LogP contribution in [0.4, 0.5) is 0 Å². The molecule has 18 heavy (non-hydrogen) atoms. The molecule has 0 atom stereocenters. The first-order valence-electron chi connectivity index (χ1n) is 5.55. The lowest BCUT2D eigenvalue weighted by atomic mass is 10.2. The zero-order valence-electron chi connectivity index (χ0n) is 10.3. The van der Waals surface area contributed by atoms with Crippen molar-refractivity contribution in [1.82, 2.24) is 10.3 Å². The molecule has 0 aliphatic heterocycles. The SMILES string of the molecule is C=C(CC(=O)OC)C(=O)NCCc1cccnc1. The first-order valence-corrected chi connectivity index (χ1v) is 5.55. The van der Waals surface area contributed by atoms with E-state index in [1.54, 1.807) is 12.4 Å². The highest BCUT2D eigenvalue weighted by molar-refractivity contribution is 5.96. The van der Waals surface area contributed by atoms with Crippen molar-refractivity contribution in [2.75, 3.05) is 13.7 Å². The Morgan fingerprint density at radius 1 is 1.50 bits per heavy atom. The Balaban J connectivity index is 2.29. The van der Waals surface area contributed by atoms with E-state index in [9.17, 15) is 9.59 Å². The number of methoxy groups -OCH3 is 1. The van der Waals surface area contributed by atoms with Crippen LogP contribution in [0.3, 0.4) is 0 Å². The maximum atomic E-state index is 11.6. The highest BCUT2D eigenvalue weighted by Gasteiger charge is 2.11. The average molecular weight is 248 g/mol. The van der Waals surface area contributed by atoms with Gasteiger partial charge in [0.25, 0.3) is 0 Å². The average Bonchev–Trinajstić information content (AvgIpc) is 2.39. The molecule has 0 fully saturated rings. The van der Waals surface area contributed by atoms with Gasteiger partial charge < -0.3 is 10.1 Å². The van der Waals surface area contributed by atoms with E-state index in [0.29, 0.717) is 13.0 Å². The van der Waals surface area contributed by atoms with Crippen molar-refractivity contribution < 1.29 is 14.3 Å². The second-order valence-electron chi connectivity index (χ2n) is 3.72. The lowest BCUT2D eigenvalue weighted by Crippen LogP contribution is -2.27. The Morgan fingerprint density at radius 2 is 2.28 bits per heavy atom. The van der Waals surface area contributed by atoms with E-state index in [4.69, 9.17) is 0 Å². The first kappa shape index (κ1) is 13.9. The summed E-state index contributed by atoms with van der Waals surface area (Å²) in [5.74, 6) is -0.799. The van der Waals surface area contributed by atoms with Gasteiger partial charge in [0, 0.05) is 24.5 Å². The molecule has 1 amide bonds. The molecule has 1 aromatic heterocycles. The molecular formula is C13H16N2O3. The number of carbonyl (C=O) groups excluding carboxylic acids is 2. The molecule has 0 saturated carbocycles. The molecular weight excluding hydrogens is 232 g/mol. The van der Waals surface area contributed by atoms with Crippen molar-refractivity contribution in [2.24, 2.45) is 0 Å². The molecule has 0 unspecified atom stereocenters. The minimum absolute atomic E-state index is 0.0881. The summed E-state index contributed by atoms with van der Waals surface area (Å²) in [6, 6.07) is 3.77. The summed E-state index contributed by atoms with van der Waals surface area (Å²) in [6.07, 6.45) is 4.04. The van der Waals surface area contributed by atoms with E-state index in [0.717, 1.165) is 5.56 Å². The molecule has 0 aliphatic rings. The summed E-state index contributed by atoms with van der Waals surface area (Å²) < 4.78 is 4.46. The number of nitrogens with one attached hydrogen (secondary N) is 1. The molecule has 0 spiro atoms. The van der Waals surface area contributed by atoms with Gasteiger partial charge in [-0.1, -0.05) is 12.6 Å². The van der Waals surface area contributed by atoms with Gasteiger partial charge in [0.15, 0.2) is 0 Å². The van der Waals surface area contributed by atoms with Crippen LogP contribution in [0.2, 0.25) is 0 Å². The van der Waals surface area contributed by atoms with Crippen LogP contribution in [0.5, 0.6) is 0 Å². The summed E-state index contributed by atoms with van der Waals surface area (Å²) in [5, 5.41) is 2.69. The predicted molar refractivity (Wildman–Crippen MR) is 66.7 cm³/mol. The van der Waals surface area contributed by atoms with Gasteiger partial charge in [-0.15, -0.1) is 0 Å². The van der Waals surface area contributed by atoms with E-state index in [-0.39, 0.29) is 17.9 Å². The van der Waals surface area contributed by atoms with Crippen LogP contribution in [0.15, 0.2) is 36.7 Å². The number of aromatic nitrogens is 1. The van der Waals surface area contributed by atoms with Crippen LogP contribution in [-0.2, 0) is 20.7 Å². The van der Waals surface area contributed by atoms with Gasteiger partial charge in [-0.3, -0.25) is 14.6 Å². The standard InChI is InChI=1S/C13H16N2O3/c1-10(8-12(16)18-2)13(17)15-7-5-11-4-3-6-14-9-11/h3-4,6,9H,1,5,7-8H2,2H3,(H,15,17). The molecule has 1 heterocycles. The van der Waals surface area contributed by atoms with Crippen LogP contribution < -0.4 is 5.32 Å². The summed E-state index contributed by atoms with van der Waals surface area (Å²) >= 11 is 0. The number of esters is 1. The van der Waals surface area contributed by atoms with E-state index in [1.807, 2.05) is 12.1 Å². The lowest BCUT2D eigenvalue weighted by Gasteiger charge is -2.06. The molecule has 5 heteroatoms. The van der Waals surface area contributed by atoms with Crippen LogP contribution >= 0.6 is 0 Å². The Bertz CT molecular complexity index is 429. The minimum Gasteiger partial charge on any atom is -0.469 e. The van der Waals surface area contributed by atoms with Crippen molar-refractivity contribution in [2.45, 2.75) is 12.8 Å². The number of amides is 1. The first-order chi connectivity index (χ1) is 8.63. The summed E-state index contributed by atoms with van der Waals surface area (Å²) in [6.45, 7) is 4.02. The molecule has 0 saturated heterocycles. The third kappa shape index (κ3) is 4.78. The maximum absolute atomic E-state index is 11.6. The van der Waals surface area contributed by atoms with Crippen LogP contribution in [0.25, 0.3) is 0 Å². The smallest absolute Gasteiger partial charge is 0.310 e. The second kappa shape index (κ2) is 7.21. The maximum Gasteiger partial charge on any atom is 0.310 e. The molecule has 1 N–H and O–H groups in total. The molecule has 0 radical (unpaired) electrons. The van der Waals surface area contributed by atoms with Crippen molar-refractivity contribution in [3.05, 3.63) is 42.2 Å². The number of carbonyl (C=O) groups is 2. The zero-order valence-corrected chi connectivity index (χ0v) is 10.3. The number of hydrogen-bond donors (Lipinski definition) is 1. The topological polar surface area (TPSA) is 68.3 Å². The summed E-state index contributed by atoms with van der Waals surface area (Å²) in [7, 11) is 1.27. The molecule has 5 nitrogen and oxygen atoms in total. The van der Waals surface area contributed by atoms with Crippen molar-refractivity contribution in [1.29, 1.82) is 0 Å². The summed E-state index contributed by atoms with van der Waals surface area (Å²) in [4.78, 5) is 26.5. The van der Waals surface area contributed by atoms with Crippen molar-refractivity contribution >= 4 is 11.9 Å². The van der Waals surface area contributed by atoms with E-state index >= 15 is 0 Å². The Kier molecular flexibility index (Phi) is 5.57. The van der Waals surface area contributed by atoms with Gasteiger partial charge in [0.1, 0.15) is 0 Å². The van der Waals surface area contributed by atoms with E-state index < -0.39 is 5.97 Å². The number of hydrogen-bond acceptors (Lipinski definition) is 4. The molecule has 0 bridgehead atoms. The van der Waals surface area contributed by atoms with Gasteiger partial charge in [-0.25, -0.2) is 0 Å². The van der Waals surface area contributed by atoms with Gasteiger partial charge in [0.2, 0.25) is 5.91 Å². The normalized spacial score (nSPS) is 9.61. The molecule has 0 aromatic carbocycles. The number of ether oxygens (including phenoxy) is 1. The minimum atomic E-state index is -0.470. The van der Waals surface area contributed by atoms with Gasteiger partial charge in [-0.2, -0.15) is 0 Å². The third-order valence-electron chi connectivity index (χ3n) is 2.33. The fraction of sp³-hybridized carbons (Fsp3) is 0.308. The number of pyridine rings is 1. The summed E-state index contributed by atoms with van der Waals surface area (Å²) in [5.41, 5.74) is 1.24. The fourth-order valence-corrected chi connectivity index (χ4v) is 1.32. The van der Waals surface area contributed by atoms with E-state index in [1.165, 1.54) is 7.11 Å². The van der Waals surface area contributed by atoms with Gasteiger partial charge in [0.05, 0.1) is 13.5 Å². The molecule has 0 aliphatic carbocycles. The zero-order chi connectivity index (χ0) is 13.4. The van der Waals surface area contributed by atoms with Crippen molar-refractivity contribution in [3.8, 4) is 0 Å². The lowest BCUT2D eigenvalue weighted by molar-refractivity contribution is -0.140. The number of rotatable bonds is 6. The molecule has 1 aromatic rings. The second-order valence-corrected chi connectivity index (χ2v) is 3.72. The largest absolute Gasteiger partial charge is 0.469 e. The Hall–Kier alpha value is -2.17. The van der Waals surface area contributed by atoms with Gasteiger partial charge >= 0.3 is 5.97 Å². The van der Waals surface area contributed by atoms with Crippen LogP contribution in [0.1, 0.15) is 12.0 Å². The third-order valence-corrected chi connectivity index (χ3v) is 2.33. The van der Waals surface area contributed by atoms with Crippen LogP contribution in [0, 0.1) is 0 Å². The van der Waals surface area contributed by atoms with E-state index in [2.05, 4.69) is 21.6 Å². The van der Waals surface area contributed by atoms with Crippen LogP contribution in [-0.4, -0.2) is 30.5 Å². The quantitative estimate of drug-likeness (QED) is 0.599. The highest BCUT2D eigenvalue weighted by Crippen LogP contribution is 2.00. The Morgan fingerprint density at radius 3 is 2.89 bits per heavy atom. The fourth-order valence-electron chi connectivity index (χ4n) is 1.32.